The summed E-state index contributed by atoms with van der Waals surface area (Å²) in [6.45, 7) is 5.33. The molecule has 0 amide bonds. The molecule has 0 spiro atoms. The van der Waals surface area contributed by atoms with Crippen molar-refractivity contribution in [3.8, 4) is 0 Å². The largest absolute Gasteiger partial charge is 0.396 e. The average Bonchev–Trinajstić information content (AvgIpc) is 3.22. The van der Waals surface area contributed by atoms with Gasteiger partial charge in [0.15, 0.2) is 0 Å². The molecule has 2 rings (SSSR count). The number of nitrogens with one attached hydrogen (secondary N) is 1. The molecule has 2 N–H and O–H groups in total. The third-order valence-corrected chi connectivity index (χ3v) is 3.40. The van der Waals surface area contributed by atoms with Gasteiger partial charge in [0.05, 0.1) is 0 Å². The van der Waals surface area contributed by atoms with Gasteiger partial charge in [0.1, 0.15) is 17.5 Å². The minimum absolute atomic E-state index is 0.211. The molecule has 0 aliphatic heterocycles. The number of aliphatic hydroxyl groups is 1. The molecular formula is C14H24N4O. The van der Waals surface area contributed by atoms with E-state index in [1.54, 1.807) is 0 Å². The number of rotatable bonds is 7. The monoisotopic (exact) mass is 264 g/mol. The number of nitrogens with zero attached hydrogens (tertiary/aromatic N) is 3. The minimum Gasteiger partial charge on any atom is -0.396 e. The molecule has 5 heteroatoms. The van der Waals surface area contributed by atoms with E-state index < -0.39 is 0 Å². The summed E-state index contributed by atoms with van der Waals surface area (Å²) in [5, 5.41) is 12.1. The Hall–Kier alpha value is -1.36. The van der Waals surface area contributed by atoms with Crippen LogP contribution in [-0.4, -0.2) is 41.3 Å². The summed E-state index contributed by atoms with van der Waals surface area (Å²) in [6, 6.07) is 2.35. The van der Waals surface area contributed by atoms with Gasteiger partial charge >= 0.3 is 0 Å². The zero-order valence-electron chi connectivity index (χ0n) is 12.1. The van der Waals surface area contributed by atoms with E-state index in [9.17, 15) is 0 Å². The fourth-order valence-corrected chi connectivity index (χ4v) is 2.13. The lowest BCUT2D eigenvalue weighted by Gasteiger charge is -2.28. The molecule has 1 aliphatic rings. The van der Waals surface area contributed by atoms with Gasteiger partial charge in [-0.3, -0.25) is 0 Å². The topological polar surface area (TPSA) is 61.3 Å². The van der Waals surface area contributed by atoms with Crippen molar-refractivity contribution >= 4 is 11.6 Å². The van der Waals surface area contributed by atoms with E-state index in [1.807, 2.05) is 13.1 Å². The molecule has 0 unspecified atom stereocenters. The van der Waals surface area contributed by atoms with Gasteiger partial charge in [0, 0.05) is 38.2 Å². The number of aliphatic hydroxyl groups excluding tert-OH is 1. The Morgan fingerprint density at radius 3 is 2.68 bits per heavy atom. The number of hydrogen-bond acceptors (Lipinski definition) is 5. The maximum atomic E-state index is 9.03. The van der Waals surface area contributed by atoms with Crippen LogP contribution in [0.15, 0.2) is 6.07 Å². The molecule has 1 aromatic rings. The summed E-state index contributed by atoms with van der Waals surface area (Å²) in [4.78, 5) is 11.5. The third kappa shape index (κ3) is 3.56. The van der Waals surface area contributed by atoms with Crippen LogP contribution in [0.25, 0.3) is 0 Å². The summed E-state index contributed by atoms with van der Waals surface area (Å²) in [6.07, 6.45) is 3.16. The van der Waals surface area contributed by atoms with E-state index in [2.05, 4.69) is 29.0 Å². The maximum absolute atomic E-state index is 9.03. The van der Waals surface area contributed by atoms with E-state index in [0.717, 1.165) is 30.4 Å². The predicted octanol–water partition coefficient (Wildman–Crippen LogP) is 1.99. The molecule has 5 nitrogen and oxygen atoms in total. The molecule has 1 aromatic heterocycles. The Morgan fingerprint density at radius 1 is 1.42 bits per heavy atom. The first-order valence-corrected chi connectivity index (χ1v) is 7.10. The van der Waals surface area contributed by atoms with Crippen molar-refractivity contribution in [1.29, 1.82) is 0 Å². The zero-order valence-corrected chi connectivity index (χ0v) is 12.1. The van der Waals surface area contributed by atoms with Gasteiger partial charge in [-0.15, -0.1) is 0 Å². The molecule has 1 fully saturated rings. The lowest BCUT2D eigenvalue weighted by molar-refractivity contribution is 0.288. The van der Waals surface area contributed by atoms with Crippen molar-refractivity contribution in [2.75, 3.05) is 30.4 Å². The predicted molar refractivity (Wildman–Crippen MR) is 77.7 cm³/mol. The van der Waals surface area contributed by atoms with Crippen LogP contribution in [-0.2, 0) is 0 Å². The molecule has 1 heterocycles. The van der Waals surface area contributed by atoms with E-state index in [4.69, 9.17) is 10.1 Å². The first-order chi connectivity index (χ1) is 9.15. The highest BCUT2D eigenvalue weighted by Crippen LogP contribution is 2.39. The number of anilines is 2. The quantitative estimate of drug-likeness (QED) is 0.788. The highest BCUT2D eigenvalue weighted by atomic mass is 16.3. The van der Waals surface area contributed by atoms with Gasteiger partial charge in [-0.1, -0.05) is 0 Å². The normalized spacial score (nSPS) is 14.8. The molecular weight excluding hydrogens is 240 g/mol. The second kappa shape index (κ2) is 6.19. The minimum atomic E-state index is 0.211. The average molecular weight is 264 g/mol. The van der Waals surface area contributed by atoms with Crippen molar-refractivity contribution in [2.45, 2.75) is 45.1 Å². The van der Waals surface area contributed by atoms with Crippen LogP contribution >= 0.6 is 0 Å². The molecule has 0 atom stereocenters. The van der Waals surface area contributed by atoms with Crippen LogP contribution < -0.4 is 10.2 Å². The lowest BCUT2D eigenvalue weighted by Crippen LogP contribution is -2.33. The Morgan fingerprint density at radius 2 is 2.16 bits per heavy atom. The van der Waals surface area contributed by atoms with Crippen LogP contribution in [0.5, 0.6) is 0 Å². The SMILES string of the molecule is CNc1cc(N(CCCO)C(C)C)nc(C2CC2)n1. The molecule has 0 aromatic carbocycles. The smallest absolute Gasteiger partial charge is 0.136 e. The summed E-state index contributed by atoms with van der Waals surface area (Å²) in [5.41, 5.74) is 0. The number of hydrogen-bond donors (Lipinski definition) is 2. The fraction of sp³-hybridized carbons (Fsp3) is 0.714. The standard InChI is InChI=1S/C14H24N4O/c1-10(2)18(7-4-8-19)13-9-12(15-3)16-14(17-13)11-5-6-11/h9-11,19H,4-8H2,1-3H3,(H,15,16,17). The first kappa shape index (κ1) is 14.1. The number of aromatic nitrogens is 2. The summed E-state index contributed by atoms with van der Waals surface area (Å²) in [7, 11) is 1.89. The Kier molecular flexibility index (Phi) is 4.58. The lowest BCUT2D eigenvalue weighted by atomic mass is 10.2. The molecule has 1 saturated carbocycles. The van der Waals surface area contributed by atoms with Crippen molar-refractivity contribution in [2.24, 2.45) is 0 Å². The maximum Gasteiger partial charge on any atom is 0.136 e. The van der Waals surface area contributed by atoms with Crippen molar-refractivity contribution in [3.05, 3.63) is 11.9 Å². The van der Waals surface area contributed by atoms with Crippen molar-refractivity contribution in [1.82, 2.24) is 9.97 Å². The van der Waals surface area contributed by atoms with Crippen molar-refractivity contribution < 1.29 is 5.11 Å². The molecule has 0 saturated heterocycles. The molecule has 1 aliphatic carbocycles. The van der Waals surface area contributed by atoms with Gasteiger partial charge < -0.3 is 15.3 Å². The molecule has 19 heavy (non-hydrogen) atoms. The van der Waals surface area contributed by atoms with Gasteiger partial charge in [-0.05, 0) is 33.1 Å². The third-order valence-electron chi connectivity index (χ3n) is 3.40. The van der Waals surface area contributed by atoms with E-state index in [0.29, 0.717) is 12.0 Å². The first-order valence-electron chi connectivity index (χ1n) is 7.10. The summed E-state index contributed by atoms with van der Waals surface area (Å²) >= 11 is 0. The highest BCUT2D eigenvalue weighted by Gasteiger charge is 2.28. The Balaban J connectivity index is 2.26. The van der Waals surface area contributed by atoms with Crippen LogP contribution in [0.2, 0.25) is 0 Å². The van der Waals surface area contributed by atoms with Crippen LogP contribution in [0, 0.1) is 0 Å². The van der Waals surface area contributed by atoms with Gasteiger partial charge in [0.2, 0.25) is 0 Å². The summed E-state index contributed by atoms with van der Waals surface area (Å²) < 4.78 is 0. The van der Waals surface area contributed by atoms with E-state index >= 15 is 0 Å². The Bertz CT molecular complexity index is 418. The zero-order chi connectivity index (χ0) is 13.8. The second-order valence-electron chi connectivity index (χ2n) is 5.36. The van der Waals surface area contributed by atoms with Gasteiger partial charge in [0.25, 0.3) is 0 Å². The second-order valence-corrected chi connectivity index (χ2v) is 5.36. The van der Waals surface area contributed by atoms with Gasteiger partial charge in [-0.25, -0.2) is 9.97 Å². The fourth-order valence-electron chi connectivity index (χ4n) is 2.13. The molecule has 106 valence electrons. The molecule has 0 radical (unpaired) electrons. The van der Waals surface area contributed by atoms with Crippen molar-refractivity contribution in [3.63, 3.8) is 0 Å². The van der Waals surface area contributed by atoms with Crippen LogP contribution in [0.1, 0.15) is 44.9 Å². The molecule has 0 bridgehead atoms. The van der Waals surface area contributed by atoms with E-state index in [-0.39, 0.29) is 6.61 Å². The van der Waals surface area contributed by atoms with Crippen LogP contribution in [0.4, 0.5) is 11.6 Å². The van der Waals surface area contributed by atoms with Gasteiger partial charge in [-0.2, -0.15) is 0 Å². The summed E-state index contributed by atoms with van der Waals surface area (Å²) in [5.74, 6) is 3.33. The highest BCUT2D eigenvalue weighted by molar-refractivity contribution is 5.50. The van der Waals surface area contributed by atoms with E-state index in [1.165, 1.54) is 12.8 Å². The van der Waals surface area contributed by atoms with Crippen LogP contribution in [0.3, 0.4) is 0 Å². The Labute approximate surface area is 115 Å².